The average Bonchev–Trinajstić information content (AvgIpc) is 3.00. The highest BCUT2D eigenvalue weighted by molar-refractivity contribution is 7.95. The molecule has 2 N–H and O–H groups in total. The molecule has 0 aliphatic rings. The second kappa shape index (κ2) is 12.8. The maximum absolute atomic E-state index is 13.3. The Morgan fingerprint density at radius 1 is 0.600 bits per heavy atom. The van der Waals surface area contributed by atoms with Crippen LogP contribution in [0.25, 0.3) is 0 Å². The molecule has 0 radical (unpaired) electrons. The third kappa shape index (κ3) is 6.40. The monoisotopic (exact) mass is 550 g/mol. The standard InChI is InChI=1S/C32H27N2O5P/c1-23-17-19-24(20-18-23)28(35)21-29(36)31(38)33-34-32(39)30(37)22-40(25-11-5-2-6-12-25,26-13-7-3-8-14-26)27-15-9-4-10-16-27/h2-20,22H,21H2,1H3,(H,33,38)(H,34,39). The van der Waals surface area contributed by atoms with Crippen molar-refractivity contribution in [3.63, 3.8) is 0 Å². The summed E-state index contributed by atoms with van der Waals surface area (Å²) in [5, 5.41) is 2.59. The van der Waals surface area contributed by atoms with Crippen molar-refractivity contribution >= 4 is 57.8 Å². The molecular formula is C32H27N2O5P. The van der Waals surface area contributed by atoms with Crippen molar-refractivity contribution < 1.29 is 24.0 Å². The molecule has 4 rings (SSSR count). The minimum absolute atomic E-state index is 0.295. The van der Waals surface area contributed by atoms with Crippen LogP contribution in [0.4, 0.5) is 0 Å². The summed E-state index contributed by atoms with van der Waals surface area (Å²) in [5.41, 5.74) is 5.23. The molecule has 0 bridgehead atoms. The minimum Gasteiger partial charge on any atom is -0.294 e. The summed E-state index contributed by atoms with van der Waals surface area (Å²) in [7, 11) is 0. The van der Waals surface area contributed by atoms with Gasteiger partial charge in [0.2, 0.25) is 11.6 Å². The Kier molecular flexibility index (Phi) is 9.00. The summed E-state index contributed by atoms with van der Waals surface area (Å²) in [4.78, 5) is 63.1. The Bertz CT molecular complexity index is 1500. The minimum atomic E-state index is -2.75. The molecular weight excluding hydrogens is 523 g/mol. The zero-order chi connectivity index (χ0) is 28.5. The first-order valence-electron chi connectivity index (χ1n) is 12.5. The molecule has 8 heteroatoms. The van der Waals surface area contributed by atoms with Crippen LogP contribution in [0.2, 0.25) is 0 Å². The third-order valence-electron chi connectivity index (χ3n) is 6.26. The second-order valence-electron chi connectivity index (χ2n) is 9.02. The number of amides is 2. The molecule has 0 saturated carbocycles. The van der Waals surface area contributed by atoms with E-state index in [0.29, 0.717) is 5.56 Å². The molecule has 2 amide bonds. The molecule has 0 heterocycles. The molecule has 0 aromatic heterocycles. The molecule has 200 valence electrons. The first-order chi connectivity index (χ1) is 19.3. The number of carbonyl (C=O) groups is 5. The van der Waals surface area contributed by atoms with Crippen molar-refractivity contribution in [3.05, 3.63) is 126 Å². The van der Waals surface area contributed by atoms with Crippen LogP contribution < -0.4 is 26.8 Å². The largest absolute Gasteiger partial charge is 0.310 e. The van der Waals surface area contributed by atoms with E-state index in [1.54, 1.807) is 24.3 Å². The predicted molar refractivity (Wildman–Crippen MR) is 158 cm³/mol. The van der Waals surface area contributed by atoms with Crippen molar-refractivity contribution in [3.8, 4) is 0 Å². The molecule has 0 aliphatic heterocycles. The van der Waals surface area contributed by atoms with E-state index in [2.05, 4.69) is 0 Å². The Morgan fingerprint density at radius 3 is 1.48 bits per heavy atom. The number of ketones is 3. The van der Waals surface area contributed by atoms with Crippen LogP contribution in [0.1, 0.15) is 22.3 Å². The number of benzene rings is 4. The van der Waals surface area contributed by atoms with Crippen molar-refractivity contribution in [2.45, 2.75) is 13.3 Å². The van der Waals surface area contributed by atoms with Gasteiger partial charge in [-0.15, -0.1) is 0 Å². The molecule has 0 unspecified atom stereocenters. The maximum atomic E-state index is 13.3. The normalized spacial score (nSPS) is 10.7. The van der Waals surface area contributed by atoms with Crippen LogP contribution in [-0.2, 0) is 19.2 Å². The number of hydrazine groups is 1. The Morgan fingerprint density at radius 2 is 1.02 bits per heavy atom. The average molecular weight is 551 g/mol. The number of hydrogen-bond donors (Lipinski definition) is 2. The van der Waals surface area contributed by atoms with Gasteiger partial charge >= 0.3 is 11.8 Å². The molecule has 0 saturated heterocycles. The lowest BCUT2D eigenvalue weighted by Crippen LogP contribution is -2.48. The van der Waals surface area contributed by atoms with Gasteiger partial charge in [-0.1, -0.05) is 121 Å². The number of aryl methyl sites for hydroxylation is 1. The van der Waals surface area contributed by atoms with Crippen LogP contribution in [0, 0.1) is 6.92 Å². The predicted octanol–water partition coefficient (Wildman–Crippen LogP) is 2.65. The van der Waals surface area contributed by atoms with E-state index < -0.39 is 42.5 Å². The smallest absolute Gasteiger partial charge is 0.294 e. The molecule has 0 spiro atoms. The second-order valence-corrected chi connectivity index (χ2v) is 12.3. The maximum Gasteiger partial charge on any atom is 0.310 e. The van der Waals surface area contributed by atoms with Crippen LogP contribution in [0.5, 0.6) is 0 Å². The highest BCUT2D eigenvalue weighted by Crippen LogP contribution is 2.43. The summed E-state index contributed by atoms with van der Waals surface area (Å²) in [6.45, 7) is -0.885. The number of rotatable bonds is 9. The van der Waals surface area contributed by atoms with Crippen LogP contribution in [-0.4, -0.2) is 35.0 Å². The van der Waals surface area contributed by atoms with Crippen molar-refractivity contribution in [1.29, 1.82) is 0 Å². The summed E-state index contributed by atoms with van der Waals surface area (Å²) in [6, 6.07) is 35.0. The fourth-order valence-electron chi connectivity index (χ4n) is 4.21. The van der Waals surface area contributed by atoms with Gasteiger partial charge in [-0.2, -0.15) is 0 Å². The van der Waals surface area contributed by atoms with E-state index in [-0.39, 0.29) is 0 Å². The molecule has 4 aromatic carbocycles. The number of Topliss-reactive ketones (excluding diaryl/α,β-unsaturated/α-hetero) is 3. The fourth-order valence-corrected chi connectivity index (χ4v) is 7.95. The number of hydrogen-bond acceptors (Lipinski definition) is 5. The summed E-state index contributed by atoms with van der Waals surface area (Å²) >= 11 is 0. The summed E-state index contributed by atoms with van der Waals surface area (Å²) in [5.74, 6) is -3.35. The van der Waals surface area contributed by atoms with E-state index >= 15 is 0 Å². The van der Waals surface area contributed by atoms with E-state index in [4.69, 9.17) is 0 Å². The van der Waals surface area contributed by atoms with Gasteiger partial charge in [0.15, 0.2) is 5.78 Å². The van der Waals surface area contributed by atoms with Crippen molar-refractivity contribution in [2.75, 3.05) is 0 Å². The SMILES string of the molecule is Cc1ccc(C(=O)CC(=O)C(=O)NNC(=O)C(=O)C=P(c2ccccc2)(c2ccccc2)c2ccccc2)cc1. The lowest BCUT2D eigenvalue weighted by Gasteiger charge is -2.28. The van der Waals surface area contributed by atoms with Crippen molar-refractivity contribution in [2.24, 2.45) is 0 Å². The van der Waals surface area contributed by atoms with Gasteiger partial charge in [0.1, 0.15) is 0 Å². The first kappa shape index (κ1) is 28.1. The molecule has 4 aromatic rings. The van der Waals surface area contributed by atoms with Crippen LogP contribution >= 0.6 is 6.89 Å². The Labute approximate surface area is 232 Å². The third-order valence-corrected chi connectivity index (χ3v) is 10.2. The van der Waals surface area contributed by atoms with Crippen LogP contribution in [0.15, 0.2) is 115 Å². The highest BCUT2D eigenvalue weighted by Gasteiger charge is 2.28. The van der Waals surface area contributed by atoms with E-state index in [0.717, 1.165) is 21.5 Å². The zero-order valence-corrected chi connectivity index (χ0v) is 22.6. The van der Waals surface area contributed by atoms with Gasteiger partial charge in [-0.25, -0.2) is 0 Å². The van der Waals surface area contributed by atoms with Gasteiger partial charge in [0.05, 0.1) is 6.42 Å². The molecule has 0 atom stereocenters. The molecule has 0 aliphatic carbocycles. The van der Waals surface area contributed by atoms with Gasteiger partial charge < -0.3 is 0 Å². The number of nitrogens with one attached hydrogen (secondary N) is 2. The topological polar surface area (TPSA) is 109 Å². The lowest BCUT2D eigenvalue weighted by atomic mass is 10.0. The quantitative estimate of drug-likeness (QED) is 0.110. The van der Waals surface area contributed by atoms with E-state index in [1.165, 1.54) is 5.80 Å². The molecule has 40 heavy (non-hydrogen) atoms. The van der Waals surface area contributed by atoms with Gasteiger partial charge in [0, 0.05) is 11.4 Å². The fraction of sp³-hybridized carbons (Fsp3) is 0.0625. The lowest BCUT2D eigenvalue weighted by molar-refractivity contribution is -0.140. The zero-order valence-electron chi connectivity index (χ0n) is 21.7. The number of carbonyl (C=O) groups excluding carboxylic acids is 5. The molecule has 7 nitrogen and oxygen atoms in total. The van der Waals surface area contributed by atoms with Gasteiger partial charge in [-0.05, 0) is 29.7 Å². The van der Waals surface area contributed by atoms with Crippen LogP contribution in [0.3, 0.4) is 0 Å². The highest BCUT2D eigenvalue weighted by atomic mass is 31.2. The summed E-state index contributed by atoms with van der Waals surface area (Å²) in [6.07, 6.45) is -0.671. The van der Waals surface area contributed by atoms with Gasteiger partial charge in [-0.3, -0.25) is 34.8 Å². The van der Waals surface area contributed by atoms with Crippen molar-refractivity contribution in [1.82, 2.24) is 10.9 Å². The van der Waals surface area contributed by atoms with E-state index in [9.17, 15) is 24.0 Å². The van der Waals surface area contributed by atoms with Gasteiger partial charge in [0.25, 0.3) is 0 Å². The summed E-state index contributed by atoms with van der Waals surface area (Å²) < 4.78 is 0. The van der Waals surface area contributed by atoms with E-state index in [1.807, 2.05) is 109 Å². The molecule has 0 fully saturated rings. The first-order valence-corrected chi connectivity index (χ1v) is 14.4. The Balaban J connectivity index is 1.57. The Hall–Kier alpha value is -4.87.